The van der Waals surface area contributed by atoms with Crippen LogP contribution in [0.15, 0.2) is 24.4 Å². The highest BCUT2D eigenvalue weighted by Crippen LogP contribution is 2.06. The van der Waals surface area contributed by atoms with Gasteiger partial charge in [0.1, 0.15) is 5.82 Å². The Bertz CT molecular complexity index is 242. The lowest BCUT2D eigenvalue weighted by Gasteiger charge is -2.11. The molecule has 0 aliphatic carbocycles. The fraction of sp³-hybridized carbons (Fsp3) is 0.500. The Hall–Kier alpha value is -1.09. The van der Waals surface area contributed by atoms with Gasteiger partial charge in [-0.2, -0.15) is 0 Å². The maximum Gasteiger partial charge on any atom is 0.125 e. The van der Waals surface area contributed by atoms with Gasteiger partial charge in [-0.15, -0.1) is 0 Å². The van der Waals surface area contributed by atoms with Crippen molar-refractivity contribution in [1.82, 2.24) is 10.3 Å². The maximum absolute atomic E-state index is 4.20. The van der Waals surface area contributed by atoms with E-state index in [-0.39, 0.29) is 0 Å². The number of pyridine rings is 1. The zero-order chi connectivity index (χ0) is 8.93. The van der Waals surface area contributed by atoms with E-state index in [1.165, 1.54) is 12.8 Å². The largest absolute Gasteiger partial charge is 0.369 e. The number of nitrogens with one attached hydrogen (secondary N) is 2. The van der Waals surface area contributed by atoms with Gasteiger partial charge in [0, 0.05) is 18.8 Å². The molecule has 1 fully saturated rings. The summed E-state index contributed by atoms with van der Waals surface area (Å²) in [4.78, 5) is 4.20. The lowest BCUT2D eigenvalue weighted by Crippen LogP contribution is -2.29. The van der Waals surface area contributed by atoms with E-state index in [1.807, 2.05) is 24.4 Å². The summed E-state index contributed by atoms with van der Waals surface area (Å²) in [6.45, 7) is 2.14. The zero-order valence-corrected chi connectivity index (χ0v) is 7.66. The predicted octanol–water partition coefficient (Wildman–Crippen LogP) is 1.25. The molecule has 0 aromatic carbocycles. The van der Waals surface area contributed by atoms with Crippen LogP contribution in [-0.2, 0) is 0 Å². The molecule has 2 heterocycles. The van der Waals surface area contributed by atoms with E-state index >= 15 is 0 Å². The van der Waals surface area contributed by atoms with Crippen molar-refractivity contribution in [2.24, 2.45) is 0 Å². The standard InChI is InChI=1S/C10H15N3/c1-2-6-12-10(5-1)13-8-9-4-3-7-11-9/h1-2,5-6,9,11H,3-4,7-8H2,(H,12,13). The van der Waals surface area contributed by atoms with Crippen LogP contribution in [0.3, 0.4) is 0 Å². The van der Waals surface area contributed by atoms with Crippen molar-refractivity contribution in [2.45, 2.75) is 18.9 Å². The number of rotatable bonds is 3. The molecule has 0 amide bonds. The molecular weight excluding hydrogens is 162 g/mol. The second-order valence-electron chi connectivity index (χ2n) is 3.39. The zero-order valence-electron chi connectivity index (χ0n) is 7.66. The monoisotopic (exact) mass is 177 g/mol. The van der Waals surface area contributed by atoms with E-state index in [0.29, 0.717) is 6.04 Å². The minimum atomic E-state index is 0.627. The Balaban J connectivity index is 1.79. The Morgan fingerprint density at radius 1 is 1.54 bits per heavy atom. The first kappa shape index (κ1) is 8.51. The third-order valence-corrected chi connectivity index (χ3v) is 2.36. The van der Waals surface area contributed by atoms with E-state index in [2.05, 4.69) is 15.6 Å². The maximum atomic E-state index is 4.20. The van der Waals surface area contributed by atoms with E-state index in [9.17, 15) is 0 Å². The lowest BCUT2D eigenvalue weighted by molar-refractivity contribution is 0.632. The van der Waals surface area contributed by atoms with Gasteiger partial charge >= 0.3 is 0 Å². The van der Waals surface area contributed by atoms with Gasteiger partial charge in [0.2, 0.25) is 0 Å². The molecule has 0 bridgehead atoms. The summed E-state index contributed by atoms with van der Waals surface area (Å²) in [5, 5.41) is 6.75. The Morgan fingerprint density at radius 2 is 2.54 bits per heavy atom. The molecule has 0 spiro atoms. The smallest absolute Gasteiger partial charge is 0.125 e. The molecule has 1 aliphatic rings. The summed E-state index contributed by atoms with van der Waals surface area (Å²) in [7, 11) is 0. The predicted molar refractivity (Wildman–Crippen MR) is 53.8 cm³/mol. The van der Waals surface area contributed by atoms with Gasteiger partial charge in [-0.25, -0.2) is 4.98 Å². The average Bonchev–Trinajstić information content (AvgIpc) is 2.69. The number of nitrogens with zero attached hydrogens (tertiary/aromatic N) is 1. The fourth-order valence-electron chi connectivity index (χ4n) is 1.63. The van der Waals surface area contributed by atoms with Gasteiger partial charge in [-0.05, 0) is 31.5 Å². The van der Waals surface area contributed by atoms with E-state index in [1.54, 1.807) is 0 Å². The molecule has 2 rings (SSSR count). The minimum absolute atomic E-state index is 0.627. The Morgan fingerprint density at radius 3 is 3.23 bits per heavy atom. The van der Waals surface area contributed by atoms with Crippen molar-refractivity contribution in [3.05, 3.63) is 24.4 Å². The molecule has 1 saturated heterocycles. The van der Waals surface area contributed by atoms with Crippen LogP contribution in [0.4, 0.5) is 5.82 Å². The van der Waals surface area contributed by atoms with Crippen LogP contribution >= 0.6 is 0 Å². The fourth-order valence-corrected chi connectivity index (χ4v) is 1.63. The van der Waals surface area contributed by atoms with Crippen molar-refractivity contribution in [3.63, 3.8) is 0 Å². The molecule has 1 atom stereocenters. The minimum Gasteiger partial charge on any atom is -0.369 e. The highest BCUT2D eigenvalue weighted by Gasteiger charge is 2.12. The molecule has 1 aliphatic heterocycles. The van der Waals surface area contributed by atoms with E-state index in [0.717, 1.165) is 18.9 Å². The summed E-state index contributed by atoms with van der Waals surface area (Å²) in [6, 6.07) is 6.55. The molecule has 1 aromatic rings. The molecule has 70 valence electrons. The summed E-state index contributed by atoms with van der Waals surface area (Å²) in [6.07, 6.45) is 4.39. The van der Waals surface area contributed by atoms with Crippen molar-refractivity contribution in [3.8, 4) is 0 Å². The molecule has 1 unspecified atom stereocenters. The summed E-state index contributed by atoms with van der Waals surface area (Å²) >= 11 is 0. The second-order valence-corrected chi connectivity index (χ2v) is 3.39. The van der Waals surface area contributed by atoms with Crippen molar-refractivity contribution < 1.29 is 0 Å². The molecule has 2 N–H and O–H groups in total. The van der Waals surface area contributed by atoms with Crippen LogP contribution in [-0.4, -0.2) is 24.1 Å². The van der Waals surface area contributed by atoms with Gasteiger partial charge in [0.25, 0.3) is 0 Å². The van der Waals surface area contributed by atoms with E-state index < -0.39 is 0 Å². The van der Waals surface area contributed by atoms with Crippen LogP contribution in [0, 0.1) is 0 Å². The van der Waals surface area contributed by atoms with Gasteiger partial charge in [-0.1, -0.05) is 6.07 Å². The molecule has 13 heavy (non-hydrogen) atoms. The molecule has 1 aromatic heterocycles. The molecular formula is C10H15N3. The summed E-state index contributed by atoms with van der Waals surface area (Å²) in [5.74, 6) is 0.969. The van der Waals surface area contributed by atoms with Gasteiger partial charge in [0.05, 0.1) is 0 Å². The number of aromatic nitrogens is 1. The third-order valence-electron chi connectivity index (χ3n) is 2.36. The van der Waals surface area contributed by atoms with Crippen LogP contribution in [0.25, 0.3) is 0 Å². The topological polar surface area (TPSA) is 37.0 Å². The Labute approximate surface area is 78.6 Å². The first-order valence-electron chi connectivity index (χ1n) is 4.83. The molecule has 0 radical (unpaired) electrons. The van der Waals surface area contributed by atoms with Gasteiger partial charge < -0.3 is 10.6 Å². The second kappa shape index (κ2) is 4.23. The highest BCUT2D eigenvalue weighted by atomic mass is 15.0. The molecule has 3 nitrogen and oxygen atoms in total. The highest BCUT2D eigenvalue weighted by molar-refractivity contribution is 5.33. The number of hydrogen-bond donors (Lipinski definition) is 2. The third kappa shape index (κ3) is 2.42. The number of anilines is 1. The van der Waals surface area contributed by atoms with Crippen molar-refractivity contribution in [1.29, 1.82) is 0 Å². The number of hydrogen-bond acceptors (Lipinski definition) is 3. The molecule has 0 saturated carbocycles. The van der Waals surface area contributed by atoms with Crippen LogP contribution < -0.4 is 10.6 Å². The van der Waals surface area contributed by atoms with Crippen LogP contribution in [0.1, 0.15) is 12.8 Å². The summed E-state index contributed by atoms with van der Waals surface area (Å²) in [5.41, 5.74) is 0. The van der Waals surface area contributed by atoms with Crippen molar-refractivity contribution in [2.75, 3.05) is 18.4 Å². The van der Waals surface area contributed by atoms with Crippen LogP contribution in [0.5, 0.6) is 0 Å². The molecule has 3 heteroatoms. The van der Waals surface area contributed by atoms with Crippen molar-refractivity contribution >= 4 is 5.82 Å². The lowest BCUT2D eigenvalue weighted by atomic mass is 10.2. The quantitative estimate of drug-likeness (QED) is 0.729. The Kier molecular flexibility index (Phi) is 2.77. The first-order chi connectivity index (χ1) is 6.45. The summed E-state index contributed by atoms with van der Waals surface area (Å²) < 4.78 is 0. The SMILES string of the molecule is c1ccc(NCC2CCCN2)nc1. The normalized spacial score (nSPS) is 21.7. The van der Waals surface area contributed by atoms with Gasteiger partial charge in [-0.3, -0.25) is 0 Å². The van der Waals surface area contributed by atoms with Gasteiger partial charge in [0.15, 0.2) is 0 Å². The first-order valence-corrected chi connectivity index (χ1v) is 4.83. The van der Waals surface area contributed by atoms with Crippen LogP contribution in [0.2, 0.25) is 0 Å². The average molecular weight is 177 g/mol. The van der Waals surface area contributed by atoms with E-state index in [4.69, 9.17) is 0 Å².